The summed E-state index contributed by atoms with van der Waals surface area (Å²) in [5.41, 5.74) is 0.00219. The van der Waals surface area contributed by atoms with E-state index in [0.717, 1.165) is 13.1 Å². The van der Waals surface area contributed by atoms with Crippen LogP contribution in [-0.4, -0.2) is 42.7 Å². The maximum atomic E-state index is 10.7. The predicted molar refractivity (Wildman–Crippen MR) is 75.4 cm³/mol. The first-order chi connectivity index (χ1) is 9.61. The lowest BCUT2D eigenvalue weighted by Gasteiger charge is -2.21. The molecule has 1 heterocycles. The number of ether oxygens (including phenoxy) is 2. The molecule has 1 aliphatic rings. The minimum Gasteiger partial charge on any atom is -0.493 e. The molecule has 0 saturated carbocycles. The molecule has 1 aromatic carbocycles. The number of methoxy groups -OCH3 is 1. The number of hydrogen-bond donors (Lipinski definition) is 0. The van der Waals surface area contributed by atoms with Crippen LogP contribution in [0.25, 0.3) is 0 Å². The van der Waals surface area contributed by atoms with Gasteiger partial charge in [0.1, 0.15) is 6.61 Å². The van der Waals surface area contributed by atoms with Crippen molar-refractivity contribution in [2.24, 2.45) is 0 Å². The lowest BCUT2D eigenvalue weighted by molar-refractivity contribution is -0.384. The van der Waals surface area contributed by atoms with Crippen LogP contribution in [0.4, 0.5) is 5.69 Å². The minimum absolute atomic E-state index is 0.00219. The molecule has 0 aliphatic carbocycles. The summed E-state index contributed by atoms with van der Waals surface area (Å²) in [6.07, 6.45) is 2.48. The SMILES string of the molecule is COc1cc([N+](=O)[O-])ccc1OCCN1CCCC1C. The highest BCUT2D eigenvalue weighted by atomic mass is 16.6. The molecule has 1 saturated heterocycles. The molecule has 2 rings (SSSR count). The number of benzene rings is 1. The molecular weight excluding hydrogens is 260 g/mol. The smallest absolute Gasteiger partial charge is 0.273 e. The molecule has 6 heteroatoms. The Hall–Kier alpha value is -1.82. The second-order valence-corrected chi connectivity index (χ2v) is 4.97. The van der Waals surface area contributed by atoms with E-state index in [9.17, 15) is 10.1 Å². The number of hydrogen-bond acceptors (Lipinski definition) is 5. The van der Waals surface area contributed by atoms with E-state index < -0.39 is 4.92 Å². The molecule has 20 heavy (non-hydrogen) atoms. The number of rotatable bonds is 6. The molecule has 1 unspecified atom stereocenters. The van der Waals surface area contributed by atoms with Crippen LogP contribution in [0, 0.1) is 10.1 Å². The van der Waals surface area contributed by atoms with Crippen molar-refractivity contribution in [3.63, 3.8) is 0 Å². The van der Waals surface area contributed by atoms with Crippen molar-refractivity contribution in [3.05, 3.63) is 28.3 Å². The number of non-ortho nitro benzene ring substituents is 1. The third-order valence-corrected chi connectivity index (χ3v) is 3.68. The summed E-state index contributed by atoms with van der Waals surface area (Å²) in [5, 5.41) is 10.7. The Morgan fingerprint density at radius 2 is 2.25 bits per heavy atom. The van der Waals surface area contributed by atoms with E-state index in [0.29, 0.717) is 24.1 Å². The molecule has 1 aliphatic heterocycles. The van der Waals surface area contributed by atoms with Gasteiger partial charge in [-0.15, -0.1) is 0 Å². The monoisotopic (exact) mass is 280 g/mol. The van der Waals surface area contributed by atoms with Crippen molar-refractivity contribution in [2.45, 2.75) is 25.8 Å². The van der Waals surface area contributed by atoms with Gasteiger partial charge in [-0.2, -0.15) is 0 Å². The quantitative estimate of drug-likeness (QED) is 0.591. The number of nitro benzene ring substituents is 1. The van der Waals surface area contributed by atoms with Crippen molar-refractivity contribution in [3.8, 4) is 11.5 Å². The lowest BCUT2D eigenvalue weighted by atomic mass is 10.2. The van der Waals surface area contributed by atoms with Gasteiger partial charge in [0.15, 0.2) is 11.5 Å². The van der Waals surface area contributed by atoms with Gasteiger partial charge in [0.25, 0.3) is 5.69 Å². The fraction of sp³-hybridized carbons (Fsp3) is 0.571. The molecule has 0 bridgehead atoms. The van der Waals surface area contributed by atoms with Gasteiger partial charge in [-0.05, 0) is 32.4 Å². The van der Waals surface area contributed by atoms with Crippen molar-refractivity contribution < 1.29 is 14.4 Å². The fourth-order valence-electron chi connectivity index (χ4n) is 2.49. The van der Waals surface area contributed by atoms with Gasteiger partial charge in [0.05, 0.1) is 18.1 Å². The third kappa shape index (κ3) is 3.39. The molecule has 0 radical (unpaired) electrons. The molecule has 110 valence electrons. The zero-order chi connectivity index (χ0) is 14.5. The van der Waals surface area contributed by atoms with Crippen molar-refractivity contribution >= 4 is 5.69 Å². The van der Waals surface area contributed by atoms with Gasteiger partial charge in [0.2, 0.25) is 0 Å². The van der Waals surface area contributed by atoms with Crippen LogP contribution in [0.5, 0.6) is 11.5 Å². The minimum atomic E-state index is -0.446. The number of nitro groups is 1. The summed E-state index contributed by atoms with van der Waals surface area (Å²) in [6, 6.07) is 5.01. The fourth-order valence-corrected chi connectivity index (χ4v) is 2.49. The van der Waals surface area contributed by atoms with Gasteiger partial charge in [-0.1, -0.05) is 0 Å². The zero-order valence-corrected chi connectivity index (χ0v) is 11.9. The van der Waals surface area contributed by atoms with Crippen LogP contribution in [0.3, 0.4) is 0 Å². The Bertz CT molecular complexity index is 478. The first-order valence-corrected chi connectivity index (χ1v) is 6.81. The normalized spacial score (nSPS) is 19.0. The first kappa shape index (κ1) is 14.6. The summed E-state index contributed by atoms with van der Waals surface area (Å²) >= 11 is 0. The van der Waals surface area contributed by atoms with Gasteiger partial charge < -0.3 is 9.47 Å². The summed E-state index contributed by atoms with van der Waals surface area (Å²) in [5.74, 6) is 0.943. The third-order valence-electron chi connectivity index (χ3n) is 3.68. The van der Waals surface area contributed by atoms with Crippen molar-refractivity contribution in [1.29, 1.82) is 0 Å². The summed E-state index contributed by atoms with van der Waals surface area (Å²) in [6.45, 7) is 4.75. The standard InChI is InChI=1S/C14H20N2O4/c1-11-4-3-7-15(11)8-9-20-13-6-5-12(16(17)18)10-14(13)19-2/h5-6,10-11H,3-4,7-9H2,1-2H3. The van der Waals surface area contributed by atoms with Crippen LogP contribution < -0.4 is 9.47 Å². The topological polar surface area (TPSA) is 64.8 Å². The van der Waals surface area contributed by atoms with Crippen LogP contribution in [0.1, 0.15) is 19.8 Å². The Morgan fingerprint density at radius 3 is 2.85 bits per heavy atom. The van der Waals surface area contributed by atoms with Crippen LogP contribution in [0.2, 0.25) is 0 Å². The summed E-state index contributed by atoms with van der Waals surface area (Å²) < 4.78 is 10.8. The molecule has 1 fully saturated rings. The van der Waals surface area contributed by atoms with Crippen molar-refractivity contribution in [2.75, 3.05) is 26.8 Å². The Balaban J connectivity index is 1.93. The predicted octanol–water partition coefficient (Wildman–Crippen LogP) is 2.47. The van der Waals surface area contributed by atoms with E-state index in [4.69, 9.17) is 9.47 Å². The number of likely N-dealkylation sites (tertiary alicyclic amines) is 1. The summed E-state index contributed by atoms with van der Waals surface area (Å²) in [4.78, 5) is 12.6. The van der Waals surface area contributed by atoms with Gasteiger partial charge in [-0.3, -0.25) is 15.0 Å². The maximum absolute atomic E-state index is 10.7. The van der Waals surface area contributed by atoms with E-state index in [2.05, 4.69) is 11.8 Å². The first-order valence-electron chi connectivity index (χ1n) is 6.81. The van der Waals surface area contributed by atoms with E-state index in [1.54, 1.807) is 6.07 Å². The number of nitrogens with zero attached hydrogens (tertiary/aromatic N) is 2. The Labute approximate surface area is 118 Å². The molecule has 1 aromatic rings. The van der Waals surface area contributed by atoms with Crippen LogP contribution in [0.15, 0.2) is 18.2 Å². The van der Waals surface area contributed by atoms with Gasteiger partial charge >= 0.3 is 0 Å². The molecule has 0 amide bonds. The van der Waals surface area contributed by atoms with Gasteiger partial charge in [0, 0.05) is 18.7 Å². The molecule has 0 N–H and O–H groups in total. The maximum Gasteiger partial charge on any atom is 0.273 e. The highest BCUT2D eigenvalue weighted by Gasteiger charge is 2.20. The van der Waals surface area contributed by atoms with E-state index >= 15 is 0 Å². The largest absolute Gasteiger partial charge is 0.493 e. The second-order valence-electron chi connectivity index (χ2n) is 4.97. The highest BCUT2D eigenvalue weighted by Crippen LogP contribution is 2.31. The van der Waals surface area contributed by atoms with E-state index in [1.165, 1.54) is 32.1 Å². The Morgan fingerprint density at radius 1 is 1.45 bits per heavy atom. The van der Waals surface area contributed by atoms with E-state index in [-0.39, 0.29) is 5.69 Å². The molecular formula is C14H20N2O4. The molecule has 6 nitrogen and oxygen atoms in total. The van der Waals surface area contributed by atoms with Gasteiger partial charge in [-0.25, -0.2) is 0 Å². The zero-order valence-electron chi connectivity index (χ0n) is 11.9. The van der Waals surface area contributed by atoms with E-state index in [1.807, 2.05) is 0 Å². The second kappa shape index (κ2) is 6.56. The molecule has 1 atom stereocenters. The molecule has 0 aromatic heterocycles. The van der Waals surface area contributed by atoms with Crippen LogP contribution in [-0.2, 0) is 0 Å². The summed E-state index contributed by atoms with van der Waals surface area (Å²) in [7, 11) is 1.48. The average molecular weight is 280 g/mol. The lowest BCUT2D eigenvalue weighted by Crippen LogP contribution is -2.31. The highest BCUT2D eigenvalue weighted by molar-refractivity contribution is 5.48. The van der Waals surface area contributed by atoms with Crippen molar-refractivity contribution in [1.82, 2.24) is 4.90 Å². The van der Waals surface area contributed by atoms with Crippen LogP contribution >= 0.6 is 0 Å². The molecule has 0 spiro atoms. The Kier molecular flexibility index (Phi) is 4.79. The average Bonchev–Trinajstić information content (AvgIpc) is 2.84.